The Hall–Kier alpha value is -2.76. The van der Waals surface area contributed by atoms with E-state index < -0.39 is 18.2 Å². The summed E-state index contributed by atoms with van der Waals surface area (Å²) >= 11 is 0. The molecular weight excluding hydrogens is 288 g/mol. The van der Waals surface area contributed by atoms with Crippen LogP contribution in [0.3, 0.4) is 0 Å². The van der Waals surface area contributed by atoms with E-state index in [1.165, 1.54) is 12.3 Å². The predicted octanol–water partition coefficient (Wildman–Crippen LogP) is 2.26. The van der Waals surface area contributed by atoms with Gasteiger partial charge >= 0.3 is 11.9 Å². The van der Waals surface area contributed by atoms with Gasteiger partial charge in [-0.15, -0.1) is 0 Å². The molecule has 22 heavy (non-hydrogen) atoms. The third-order valence-electron chi connectivity index (χ3n) is 3.61. The Balaban J connectivity index is 2.04. The van der Waals surface area contributed by atoms with Crippen molar-refractivity contribution in [1.82, 2.24) is 0 Å². The van der Waals surface area contributed by atoms with E-state index in [1.54, 1.807) is 6.07 Å². The maximum Gasteiger partial charge on any atom is 0.341 e. The van der Waals surface area contributed by atoms with Crippen LogP contribution in [0.2, 0.25) is 0 Å². The van der Waals surface area contributed by atoms with Gasteiger partial charge in [0.1, 0.15) is 6.10 Å². The van der Waals surface area contributed by atoms with Crippen molar-refractivity contribution >= 4 is 11.9 Å². The molecule has 3 aliphatic rings. The van der Waals surface area contributed by atoms with Gasteiger partial charge in [0.2, 0.25) is 0 Å². The largest absolute Gasteiger partial charge is 0.494 e. The molecule has 4 rings (SSSR count). The van der Waals surface area contributed by atoms with Crippen LogP contribution >= 0.6 is 0 Å². The van der Waals surface area contributed by atoms with Gasteiger partial charge in [-0.2, -0.15) is 0 Å². The summed E-state index contributed by atoms with van der Waals surface area (Å²) < 4.78 is 20.7. The SMILES string of the molecule is C=COC1COC(=O)c2ccc(c3c2CC3OC=C)C(=O)O1. The number of rotatable bonds is 4. The van der Waals surface area contributed by atoms with E-state index in [4.69, 9.17) is 18.9 Å². The normalized spacial score (nSPS) is 22.5. The molecule has 1 aromatic rings. The van der Waals surface area contributed by atoms with Crippen molar-refractivity contribution in [1.29, 1.82) is 0 Å². The maximum atomic E-state index is 12.3. The topological polar surface area (TPSA) is 71.1 Å². The molecule has 1 aromatic carbocycles. The lowest BCUT2D eigenvalue weighted by Gasteiger charge is -2.33. The highest BCUT2D eigenvalue weighted by Crippen LogP contribution is 2.41. The van der Waals surface area contributed by atoms with Gasteiger partial charge in [0.25, 0.3) is 6.29 Å². The molecule has 114 valence electrons. The molecule has 2 aliphatic heterocycles. The van der Waals surface area contributed by atoms with Crippen molar-refractivity contribution in [3.05, 3.63) is 60.1 Å². The second-order valence-corrected chi connectivity index (χ2v) is 4.78. The highest BCUT2D eigenvalue weighted by Gasteiger charge is 2.38. The highest BCUT2D eigenvalue weighted by molar-refractivity contribution is 5.98. The Kier molecular flexibility index (Phi) is 3.58. The average molecular weight is 302 g/mol. The zero-order valence-corrected chi connectivity index (χ0v) is 11.7. The summed E-state index contributed by atoms with van der Waals surface area (Å²) in [5, 5.41) is 0. The van der Waals surface area contributed by atoms with E-state index in [-0.39, 0.29) is 12.7 Å². The molecule has 2 atom stereocenters. The molecule has 0 saturated heterocycles. The van der Waals surface area contributed by atoms with E-state index in [2.05, 4.69) is 13.2 Å². The monoisotopic (exact) mass is 302 g/mol. The molecule has 6 nitrogen and oxygen atoms in total. The summed E-state index contributed by atoms with van der Waals surface area (Å²) in [5.41, 5.74) is 2.16. The first-order chi connectivity index (χ1) is 10.7. The first-order valence-corrected chi connectivity index (χ1v) is 6.72. The van der Waals surface area contributed by atoms with Crippen LogP contribution in [0.25, 0.3) is 0 Å². The molecule has 0 radical (unpaired) electrons. The van der Waals surface area contributed by atoms with Crippen molar-refractivity contribution in [2.24, 2.45) is 0 Å². The Morgan fingerprint density at radius 1 is 1.09 bits per heavy atom. The minimum absolute atomic E-state index is 0.198. The third kappa shape index (κ3) is 2.22. The molecule has 0 spiro atoms. The Bertz CT molecular complexity index is 663. The molecule has 0 saturated carbocycles. The summed E-state index contributed by atoms with van der Waals surface area (Å²) in [4.78, 5) is 24.4. The third-order valence-corrected chi connectivity index (χ3v) is 3.61. The van der Waals surface area contributed by atoms with Crippen LogP contribution in [0.1, 0.15) is 37.9 Å². The van der Waals surface area contributed by atoms with Crippen LogP contribution in [0.4, 0.5) is 0 Å². The maximum absolute atomic E-state index is 12.3. The molecular formula is C16H14O6. The van der Waals surface area contributed by atoms with Crippen LogP contribution in [-0.2, 0) is 25.4 Å². The van der Waals surface area contributed by atoms with Crippen molar-refractivity contribution in [3.8, 4) is 0 Å². The van der Waals surface area contributed by atoms with E-state index in [9.17, 15) is 9.59 Å². The summed E-state index contributed by atoms with van der Waals surface area (Å²) in [6.07, 6.45) is 1.60. The van der Waals surface area contributed by atoms with Crippen LogP contribution in [0.15, 0.2) is 37.8 Å². The molecule has 1 aliphatic carbocycles. The number of fused-ring (bicyclic) bond motifs is 6. The molecule has 0 amide bonds. The van der Waals surface area contributed by atoms with Crippen LogP contribution in [0, 0.1) is 0 Å². The zero-order valence-electron chi connectivity index (χ0n) is 11.7. The fourth-order valence-corrected chi connectivity index (χ4v) is 2.62. The Morgan fingerprint density at radius 3 is 2.55 bits per heavy atom. The van der Waals surface area contributed by atoms with Gasteiger partial charge in [0, 0.05) is 12.0 Å². The minimum Gasteiger partial charge on any atom is -0.494 e. The molecule has 2 bridgehead atoms. The number of carbonyl (C=O) groups excluding carboxylic acids is 2. The summed E-state index contributed by atoms with van der Waals surface area (Å²) in [6, 6.07) is 3.10. The van der Waals surface area contributed by atoms with Crippen molar-refractivity contribution in [2.75, 3.05) is 6.61 Å². The first kappa shape index (κ1) is 14.2. The second-order valence-electron chi connectivity index (χ2n) is 4.78. The lowest BCUT2D eigenvalue weighted by molar-refractivity contribution is -0.101. The van der Waals surface area contributed by atoms with Gasteiger partial charge < -0.3 is 18.9 Å². The fourth-order valence-electron chi connectivity index (χ4n) is 2.62. The van der Waals surface area contributed by atoms with Gasteiger partial charge in [-0.25, -0.2) is 9.59 Å². The molecule has 0 N–H and O–H groups in total. The number of hydrogen-bond donors (Lipinski definition) is 0. The number of carbonyl (C=O) groups is 2. The Morgan fingerprint density at radius 2 is 1.82 bits per heavy atom. The summed E-state index contributed by atoms with van der Waals surface area (Å²) in [6.45, 7) is 6.71. The van der Waals surface area contributed by atoms with Gasteiger partial charge in [-0.3, -0.25) is 0 Å². The van der Waals surface area contributed by atoms with Crippen molar-refractivity contribution < 1.29 is 28.5 Å². The van der Waals surface area contributed by atoms with E-state index in [1.807, 2.05) is 0 Å². The molecule has 0 aromatic heterocycles. The molecule has 0 fully saturated rings. The van der Waals surface area contributed by atoms with Gasteiger partial charge in [0.15, 0.2) is 6.61 Å². The molecule has 6 heteroatoms. The predicted molar refractivity (Wildman–Crippen MR) is 74.9 cm³/mol. The second kappa shape index (κ2) is 5.55. The Labute approximate surface area is 126 Å². The lowest BCUT2D eigenvalue weighted by Crippen LogP contribution is -2.33. The van der Waals surface area contributed by atoms with Gasteiger partial charge in [0.05, 0.1) is 23.7 Å². The van der Waals surface area contributed by atoms with E-state index in [0.29, 0.717) is 23.1 Å². The number of ether oxygens (including phenoxy) is 4. The summed E-state index contributed by atoms with van der Waals surface area (Å²) in [7, 11) is 0. The highest BCUT2D eigenvalue weighted by atomic mass is 16.7. The van der Waals surface area contributed by atoms with Crippen molar-refractivity contribution in [3.63, 3.8) is 0 Å². The number of benzene rings is 1. The summed E-state index contributed by atoms with van der Waals surface area (Å²) in [5.74, 6) is -1.06. The molecule has 2 heterocycles. The molecule has 2 unspecified atom stereocenters. The average Bonchev–Trinajstić information content (AvgIpc) is 2.48. The van der Waals surface area contributed by atoms with E-state index in [0.717, 1.165) is 11.8 Å². The van der Waals surface area contributed by atoms with Gasteiger partial charge in [-0.1, -0.05) is 13.2 Å². The van der Waals surface area contributed by atoms with Gasteiger partial charge in [-0.05, 0) is 17.7 Å². The number of esters is 2. The van der Waals surface area contributed by atoms with E-state index >= 15 is 0 Å². The smallest absolute Gasteiger partial charge is 0.341 e. The van der Waals surface area contributed by atoms with Crippen LogP contribution in [0.5, 0.6) is 0 Å². The van der Waals surface area contributed by atoms with Crippen LogP contribution in [-0.4, -0.2) is 24.8 Å². The fraction of sp³-hybridized carbons (Fsp3) is 0.250. The first-order valence-electron chi connectivity index (χ1n) is 6.72. The van der Waals surface area contributed by atoms with Crippen LogP contribution < -0.4 is 0 Å². The van der Waals surface area contributed by atoms with Crippen molar-refractivity contribution in [2.45, 2.75) is 18.8 Å². The lowest BCUT2D eigenvalue weighted by atomic mass is 9.78. The standard InChI is InChI=1S/C16H14O6/c1-3-19-12-7-11-9-5-6-10(14(11)12)16(18)22-13(20-4-2)8-21-15(9)17/h3-6,12-13H,1-2,7-8H2. The zero-order chi connectivity index (χ0) is 15.7. The minimum atomic E-state index is -1.03. The number of hydrogen-bond acceptors (Lipinski definition) is 6. The quantitative estimate of drug-likeness (QED) is 0.627.